The number of nitrogens with zero attached hydrogens (tertiary/aromatic N) is 2. The molecule has 0 aliphatic heterocycles. The van der Waals surface area contributed by atoms with Crippen LogP contribution in [-0.4, -0.2) is 16.1 Å². The van der Waals surface area contributed by atoms with Crippen LogP contribution in [-0.2, 0) is 0 Å². The number of hydrogen-bond donors (Lipinski definition) is 1. The molecule has 0 bridgehead atoms. The molecule has 0 atom stereocenters. The molecule has 3 rings (SSSR count). The minimum absolute atomic E-state index is 0.0909. The van der Waals surface area contributed by atoms with E-state index in [0.29, 0.717) is 11.5 Å². The maximum Gasteiger partial charge on any atom is 0.322 e. The topological polar surface area (TPSA) is 68.0 Å². The van der Waals surface area contributed by atoms with E-state index in [1.807, 2.05) is 58.0 Å². The molecule has 3 aromatic rings. The normalized spacial score (nSPS) is 10.7. The molecule has 0 unspecified atom stereocenters. The van der Waals surface area contributed by atoms with Crippen LogP contribution in [0.3, 0.4) is 0 Å². The van der Waals surface area contributed by atoms with Gasteiger partial charge in [-0.25, -0.2) is 0 Å². The summed E-state index contributed by atoms with van der Waals surface area (Å²) in [5, 5.41) is 10.6. The van der Waals surface area contributed by atoms with Crippen LogP contribution in [0.4, 0.5) is 6.01 Å². The summed E-state index contributed by atoms with van der Waals surface area (Å²) >= 11 is 0. The predicted molar refractivity (Wildman–Crippen MR) is 93.1 cm³/mol. The number of rotatable bonds is 3. The number of nitrogens with one attached hydrogen (secondary N) is 1. The fraction of sp³-hybridized carbons (Fsp3) is 0.211. The zero-order valence-corrected chi connectivity index (χ0v) is 14.2. The van der Waals surface area contributed by atoms with Crippen LogP contribution in [0.2, 0.25) is 0 Å². The van der Waals surface area contributed by atoms with Gasteiger partial charge in [-0.15, -0.1) is 5.10 Å². The number of aromatic nitrogens is 2. The molecule has 0 radical (unpaired) electrons. The van der Waals surface area contributed by atoms with Crippen molar-refractivity contribution in [3.8, 4) is 11.5 Å². The molecule has 1 amide bonds. The van der Waals surface area contributed by atoms with E-state index in [4.69, 9.17) is 4.42 Å². The Morgan fingerprint density at radius 3 is 2.42 bits per heavy atom. The Labute approximate surface area is 140 Å². The second-order valence-corrected chi connectivity index (χ2v) is 5.98. The van der Waals surface area contributed by atoms with Gasteiger partial charge in [-0.3, -0.25) is 10.1 Å². The molecule has 0 fully saturated rings. The number of carbonyl (C=O) groups excluding carboxylic acids is 1. The number of aryl methyl sites for hydroxylation is 4. The quantitative estimate of drug-likeness (QED) is 0.784. The van der Waals surface area contributed by atoms with E-state index in [1.54, 1.807) is 6.07 Å². The molecule has 24 heavy (non-hydrogen) atoms. The molecule has 0 spiro atoms. The SMILES string of the molecule is Cc1ccc(-c2nnc(NC(=O)c3ccc(C)c(C)c3)o2)c(C)c1. The lowest BCUT2D eigenvalue weighted by Gasteiger charge is -2.04. The summed E-state index contributed by atoms with van der Waals surface area (Å²) in [5.74, 6) is 0.122. The number of benzene rings is 2. The summed E-state index contributed by atoms with van der Waals surface area (Å²) in [6.45, 7) is 7.99. The Kier molecular flexibility index (Phi) is 4.16. The molecule has 0 aliphatic rings. The van der Waals surface area contributed by atoms with Gasteiger partial charge in [-0.2, -0.15) is 0 Å². The standard InChI is InChI=1S/C19H19N3O2/c1-11-5-8-16(14(4)9-11)18-21-22-19(24-18)20-17(23)15-7-6-12(2)13(3)10-15/h5-10H,1-4H3,(H,20,22,23). The minimum atomic E-state index is -0.270. The number of anilines is 1. The first-order valence-electron chi connectivity index (χ1n) is 7.74. The maximum atomic E-state index is 12.3. The van der Waals surface area contributed by atoms with Crippen molar-refractivity contribution >= 4 is 11.9 Å². The second kappa shape index (κ2) is 6.28. The molecule has 2 aromatic carbocycles. The largest absolute Gasteiger partial charge is 0.403 e. The van der Waals surface area contributed by atoms with Gasteiger partial charge in [0.15, 0.2) is 0 Å². The Bertz CT molecular complexity index is 913. The lowest BCUT2D eigenvalue weighted by Crippen LogP contribution is -2.12. The highest BCUT2D eigenvalue weighted by Gasteiger charge is 2.14. The second-order valence-electron chi connectivity index (χ2n) is 5.98. The summed E-state index contributed by atoms with van der Waals surface area (Å²) < 4.78 is 5.58. The van der Waals surface area contributed by atoms with Gasteiger partial charge in [0.25, 0.3) is 5.91 Å². The van der Waals surface area contributed by atoms with Crippen molar-refractivity contribution in [3.63, 3.8) is 0 Å². The summed E-state index contributed by atoms with van der Waals surface area (Å²) in [6, 6.07) is 11.6. The van der Waals surface area contributed by atoms with Crippen molar-refractivity contribution in [2.45, 2.75) is 27.7 Å². The predicted octanol–water partition coefficient (Wildman–Crippen LogP) is 4.22. The van der Waals surface area contributed by atoms with Crippen LogP contribution >= 0.6 is 0 Å². The average Bonchev–Trinajstić information content (AvgIpc) is 2.98. The van der Waals surface area contributed by atoms with Gasteiger partial charge in [-0.05, 0) is 62.6 Å². The van der Waals surface area contributed by atoms with Crippen molar-refractivity contribution in [1.82, 2.24) is 10.2 Å². The van der Waals surface area contributed by atoms with Crippen LogP contribution in [0.25, 0.3) is 11.5 Å². The van der Waals surface area contributed by atoms with Gasteiger partial charge >= 0.3 is 6.01 Å². The maximum absolute atomic E-state index is 12.3. The fourth-order valence-corrected chi connectivity index (χ4v) is 2.49. The first-order valence-corrected chi connectivity index (χ1v) is 7.74. The molecule has 5 nitrogen and oxygen atoms in total. The number of amides is 1. The third-order valence-corrected chi connectivity index (χ3v) is 4.03. The molecular weight excluding hydrogens is 302 g/mol. The zero-order valence-electron chi connectivity index (χ0n) is 14.2. The molecule has 0 saturated carbocycles. The highest BCUT2D eigenvalue weighted by atomic mass is 16.4. The summed E-state index contributed by atoms with van der Waals surface area (Å²) in [7, 11) is 0. The van der Waals surface area contributed by atoms with Crippen molar-refractivity contribution in [2.24, 2.45) is 0 Å². The van der Waals surface area contributed by atoms with E-state index < -0.39 is 0 Å². The summed E-state index contributed by atoms with van der Waals surface area (Å²) in [6.07, 6.45) is 0. The van der Waals surface area contributed by atoms with Crippen molar-refractivity contribution in [2.75, 3.05) is 5.32 Å². The van der Waals surface area contributed by atoms with Crippen molar-refractivity contribution in [3.05, 3.63) is 64.2 Å². The first kappa shape index (κ1) is 15.9. The van der Waals surface area contributed by atoms with Crippen LogP contribution in [0, 0.1) is 27.7 Å². The van der Waals surface area contributed by atoms with Gasteiger partial charge in [0, 0.05) is 11.1 Å². The smallest absolute Gasteiger partial charge is 0.322 e. The fourth-order valence-electron chi connectivity index (χ4n) is 2.49. The molecule has 5 heteroatoms. The molecule has 1 aromatic heterocycles. The van der Waals surface area contributed by atoms with E-state index in [9.17, 15) is 4.79 Å². The van der Waals surface area contributed by atoms with Crippen LogP contribution in [0.5, 0.6) is 0 Å². The van der Waals surface area contributed by atoms with Gasteiger partial charge in [0.05, 0.1) is 0 Å². The Morgan fingerprint density at radius 2 is 1.71 bits per heavy atom. The zero-order chi connectivity index (χ0) is 17.3. The van der Waals surface area contributed by atoms with Crippen LogP contribution < -0.4 is 5.32 Å². The number of hydrogen-bond acceptors (Lipinski definition) is 4. The highest BCUT2D eigenvalue weighted by Crippen LogP contribution is 2.24. The molecular formula is C19H19N3O2. The molecule has 0 aliphatic carbocycles. The van der Waals surface area contributed by atoms with Gasteiger partial charge < -0.3 is 4.42 Å². The molecule has 1 N–H and O–H groups in total. The van der Waals surface area contributed by atoms with Crippen molar-refractivity contribution in [1.29, 1.82) is 0 Å². The van der Waals surface area contributed by atoms with Gasteiger partial charge in [0.2, 0.25) is 5.89 Å². The molecule has 122 valence electrons. The van der Waals surface area contributed by atoms with Crippen LogP contribution in [0.15, 0.2) is 40.8 Å². The summed E-state index contributed by atoms with van der Waals surface area (Å²) in [4.78, 5) is 12.3. The third-order valence-electron chi connectivity index (χ3n) is 4.03. The van der Waals surface area contributed by atoms with Crippen molar-refractivity contribution < 1.29 is 9.21 Å². The Morgan fingerprint density at radius 1 is 0.917 bits per heavy atom. The molecule has 1 heterocycles. The highest BCUT2D eigenvalue weighted by molar-refractivity contribution is 6.03. The lowest BCUT2D eigenvalue weighted by atomic mass is 10.1. The molecule has 0 saturated heterocycles. The summed E-state index contributed by atoms with van der Waals surface area (Å²) in [5.41, 5.74) is 5.83. The van der Waals surface area contributed by atoms with Gasteiger partial charge in [-0.1, -0.05) is 28.9 Å². The van der Waals surface area contributed by atoms with Gasteiger partial charge in [0.1, 0.15) is 0 Å². The van der Waals surface area contributed by atoms with E-state index in [2.05, 4.69) is 15.5 Å². The van der Waals surface area contributed by atoms with E-state index >= 15 is 0 Å². The minimum Gasteiger partial charge on any atom is -0.403 e. The van der Waals surface area contributed by atoms with Crippen LogP contribution in [0.1, 0.15) is 32.6 Å². The average molecular weight is 321 g/mol. The third kappa shape index (κ3) is 3.20. The first-order chi connectivity index (χ1) is 11.4. The monoisotopic (exact) mass is 321 g/mol. The van der Waals surface area contributed by atoms with E-state index in [-0.39, 0.29) is 11.9 Å². The number of carbonyl (C=O) groups is 1. The Balaban J connectivity index is 1.80. The lowest BCUT2D eigenvalue weighted by molar-refractivity contribution is 0.102. The van der Waals surface area contributed by atoms with E-state index in [1.165, 1.54) is 5.56 Å². The Hall–Kier alpha value is -2.95. The van der Waals surface area contributed by atoms with E-state index in [0.717, 1.165) is 22.3 Å².